The Kier molecular flexibility index (Phi) is 2.50. The van der Waals surface area contributed by atoms with Crippen molar-refractivity contribution >= 4 is 5.97 Å². The predicted octanol–water partition coefficient (Wildman–Crippen LogP) is 1.95. The van der Waals surface area contributed by atoms with Crippen LogP contribution in [0.2, 0.25) is 0 Å². The maximum atomic E-state index is 12.2. The van der Waals surface area contributed by atoms with Gasteiger partial charge in [-0.25, -0.2) is 4.79 Å². The second-order valence-corrected chi connectivity index (χ2v) is 2.49. The smallest absolute Gasteiger partial charge is 0.437 e. The van der Waals surface area contributed by atoms with Gasteiger partial charge in [0.2, 0.25) is 5.69 Å². The molecule has 1 aromatic heterocycles. The van der Waals surface area contributed by atoms with Crippen LogP contribution < -0.4 is 0 Å². The number of aryl methyl sites for hydroxylation is 1. The minimum absolute atomic E-state index is 0.0463. The SMILES string of the molecule is CCc1onc(C(F)(F)F)c1C(=O)O. The number of hydrogen-bond donors (Lipinski definition) is 1. The summed E-state index contributed by atoms with van der Waals surface area (Å²) in [5.74, 6) is -1.96. The monoisotopic (exact) mass is 209 g/mol. The van der Waals surface area contributed by atoms with E-state index in [2.05, 4.69) is 9.68 Å². The summed E-state index contributed by atoms with van der Waals surface area (Å²) in [5, 5.41) is 11.2. The number of aromatic nitrogens is 1. The third kappa shape index (κ3) is 1.70. The van der Waals surface area contributed by atoms with Gasteiger partial charge in [0.25, 0.3) is 0 Å². The van der Waals surface area contributed by atoms with E-state index in [1.165, 1.54) is 6.92 Å². The number of nitrogens with zero attached hydrogens (tertiary/aromatic N) is 1. The predicted molar refractivity (Wildman–Crippen MR) is 37.8 cm³/mol. The summed E-state index contributed by atoms with van der Waals surface area (Å²) in [6.07, 6.45) is -4.75. The Labute approximate surface area is 76.3 Å². The van der Waals surface area contributed by atoms with E-state index < -0.39 is 23.4 Å². The van der Waals surface area contributed by atoms with E-state index in [0.717, 1.165) is 0 Å². The van der Waals surface area contributed by atoms with Crippen molar-refractivity contribution in [2.45, 2.75) is 19.5 Å². The number of carboxylic acids is 1. The molecule has 1 heterocycles. The maximum Gasteiger partial charge on any atom is 0.437 e. The van der Waals surface area contributed by atoms with Crippen LogP contribution in [-0.2, 0) is 12.6 Å². The van der Waals surface area contributed by atoms with Crippen LogP contribution in [0.25, 0.3) is 0 Å². The molecular formula is C7H6F3NO3. The van der Waals surface area contributed by atoms with Crippen molar-refractivity contribution in [1.82, 2.24) is 5.16 Å². The molecule has 0 aliphatic rings. The molecule has 7 heteroatoms. The zero-order valence-corrected chi connectivity index (χ0v) is 7.05. The lowest BCUT2D eigenvalue weighted by Crippen LogP contribution is -2.12. The van der Waals surface area contributed by atoms with E-state index in [1.54, 1.807) is 0 Å². The highest BCUT2D eigenvalue weighted by Crippen LogP contribution is 2.32. The summed E-state index contributed by atoms with van der Waals surface area (Å²) in [6, 6.07) is 0. The molecule has 0 saturated carbocycles. The number of halogens is 3. The van der Waals surface area contributed by atoms with E-state index in [9.17, 15) is 18.0 Å². The van der Waals surface area contributed by atoms with Crippen LogP contribution in [-0.4, -0.2) is 16.2 Å². The van der Waals surface area contributed by atoms with E-state index in [1.807, 2.05) is 0 Å². The summed E-state index contributed by atoms with van der Waals surface area (Å²) in [6.45, 7) is 1.48. The van der Waals surface area contributed by atoms with Crippen molar-refractivity contribution in [2.75, 3.05) is 0 Å². The summed E-state index contributed by atoms with van der Waals surface area (Å²) < 4.78 is 40.8. The molecule has 1 rings (SSSR count). The average molecular weight is 209 g/mol. The van der Waals surface area contributed by atoms with Gasteiger partial charge >= 0.3 is 12.1 Å². The Morgan fingerprint density at radius 2 is 2.14 bits per heavy atom. The van der Waals surface area contributed by atoms with Crippen LogP contribution in [0.5, 0.6) is 0 Å². The van der Waals surface area contributed by atoms with Gasteiger partial charge in [0.05, 0.1) is 0 Å². The van der Waals surface area contributed by atoms with Gasteiger partial charge in [-0.05, 0) is 0 Å². The number of alkyl halides is 3. The molecule has 0 atom stereocenters. The Morgan fingerprint density at radius 3 is 2.50 bits per heavy atom. The average Bonchev–Trinajstić information content (AvgIpc) is 2.45. The minimum Gasteiger partial charge on any atom is -0.477 e. The molecule has 4 nitrogen and oxygen atoms in total. The second-order valence-electron chi connectivity index (χ2n) is 2.49. The lowest BCUT2D eigenvalue weighted by atomic mass is 10.1. The normalized spacial score (nSPS) is 11.7. The first-order valence-electron chi connectivity index (χ1n) is 3.67. The van der Waals surface area contributed by atoms with Crippen LogP contribution in [0.4, 0.5) is 13.2 Å². The van der Waals surface area contributed by atoms with Crippen molar-refractivity contribution in [3.63, 3.8) is 0 Å². The molecule has 0 radical (unpaired) electrons. The van der Waals surface area contributed by atoms with Crippen LogP contribution in [0.15, 0.2) is 4.52 Å². The number of carbonyl (C=O) groups is 1. The van der Waals surface area contributed by atoms with Gasteiger partial charge in [0.1, 0.15) is 5.56 Å². The molecule has 78 valence electrons. The first-order valence-corrected chi connectivity index (χ1v) is 3.67. The van der Waals surface area contributed by atoms with E-state index in [-0.39, 0.29) is 12.2 Å². The summed E-state index contributed by atoms with van der Waals surface area (Å²) in [5.41, 5.74) is -2.39. The third-order valence-corrected chi connectivity index (χ3v) is 1.57. The molecule has 0 saturated heterocycles. The molecule has 0 aliphatic heterocycles. The van der Waals surface area contributed by atoms with E-state index >= 15 is 0 Å². The van der Waals surface area contributed by atoms with Gasteiger partial charge in [-0.2, -0.15) is 13.2 Å². The first-order chi connectivity index (χ1) is 6.38. The van der Waals surface area contributed by atoms with Gasteiger partial charge < -0.3 is 9.63 Å². The zero-order chi connectivity index (χ0) is 10.9. The fraction of sp³-hybridized carbons (Fsp3) is 0.429. The standard InChI is InChI=1S/C7H6F3NO3/c1-2-3-4(6(12)13)5(11-14-3)7(8,9)10/h2H2,1H3,(H,12,13). The molecule has 0 aliphatic carbocycles. The zero-order valence-electron chi connectivity index (χ0n) is 7.05. The fourth-order valence-electron chi connectivity index (χ4n) is 0.979. The lowest BCUT2D eigenvalue weighted by Gasteiger charge is -2.01. The maximum absolute atomic E-state index is 12.2. The molecule has 0 unspecified atom stereocenters. The van der Waals surface area contributed by atoms with Gasteiger partial charge in [0, 0.05) is 6.42 Å². The molecule has 0 fully saturated rings. The lowest BCUT2D eigenvalue weighted by molar-refractivity contribution is -0.143. The van der Waals surface area contributed by atoms with Gasteiger partial charge in [-0.3, -0.25) is 0 Å². The number of carboxylic acid groups (broad SMARTS) is 1. The van der Waals surface area contributed by atoms with Crippen LogP contribution >= 0.6 is 0 Å². The number of hydrogen-bond acceptors (Lipinski definition) is 3. The van der Waals surface area contributed by atoms with Crippen molar-refractivity contribution in [3.8, 4) is 0 Å². The van der Waals surface area contributed by atoms with E-state index in [4.69, 9.17) is 5.11 Å². The molecule has 0 amide bonds. The molecule has 0 bridgehead atoms. The Bertz CT molecular complexity index is 356. The summed E-state index contributed by atoms with van der Waals surface area (Å²) >= 11 is 0. The Balaban J connectivity index is 3.32. The quantitative estimate of drug-likeness (QED) is 0.808. The molecule has 0 spiro atoms. The van der Waals surface area contributed by atoms with Crippen molar-refractivity contribution in [1.29, 1.82) is 0 Å². The highest BCUT2D eigenvalue weighted by molar-refractivity contribution is 5.90. The second kappa shape index (κ2) is 3.32. The van der Waals surface area contributed by atoms with Crippen molar-refractivity contribution in [2.24, 2.45) is 0 Å². The van der Waals surface area contributed by atoms with Gasteiger partial charge in [-0.15, -0.1) is 0 Å². The van der Waals surface area contributed by atoms with Crippen LogP contribution in [0.3, 0.4) is 0 Å². The topological polar surface area (TPSA) is 63.3 Å². The van der Waals surface area contributed by atoms with Crippen LogP contribution in [0.1, 0.15) is 28.7 Å². The fourth-order valence-corrected chi connectivity index (χ4v) is 0.979. The largest absolute Gasteiger partial charge is 0.477 e. The van der Waals surface area contributed by atoms with Crippen LogP contribution in [0, 0.1) is 0 Å². The number of aromatic carboxylic acids is 1. The summed E-state index contributed by atoms with van der Waals surface area (Å²) in [4.78, 5) is 10.5. The molecule has 1 aromatic rings. The first kappa shape index (κ1) is 10.6. The molecule has 0 aromatic carbocycles. The molecular weight excluding hydrogens is 203 g/mol. The minimum atomic E-state index is -4.80. The number of rotatable bonds is 2. The van der Waals surface area contributed by atoms with E-state index in [0.29, 0.717) is 0 Å². The Morgan fingerprint density at radius 1 is 1.57 bits per heavy atom. The highest BCUT2D eigenvalue weighted by atomic mass is 19.4. The van der Waals surface area contributed by atoms with Gasteiger partial charge in [0.15, 0.2) is 5.76 Å². The van der Waals surface area contributed by atoms with Gasteiger partial charge in [-0.1, -0.05) is 12.1 Å². The summed E-state index contributed by atoms with van der Waals surface area (Å²) in [7, 11) is 0. The molecule has 1 N–H and O–H groups in total. The third-order valence-electron chi connectivity index (χ3n) is 1.57. The highest BCUT2D eigenvalue weighted by Gasteiger charge is 2.41. The van der Waals surface area contributed by atoms with Crippen molar-refractivity contribution in [3.05, 3.63) is 17.0 Å². The van der Waals surface area contributed by atoms with Crippen molar-refractivity contribution < 1.29 is 27.6 Å². The molecule has 14 heavy (non-hydrogen) atoms. The Hall–Kier alpha value is -1.53.